The molecule has 0 bridgehead atoms. The van der Waals surface area contributed by atoms with Crippen LogP contribution in [0.3, 0.4) is 0 Å². The summed E-state index contributed by atoms with van der Waals surface area (Å²) in [6, 6.07) is 61.4. The Balaban J connectivity index is 1.16. The lowest BCUT2D eigenvalue weighted by atomic mass is 9.55. The number of nitrogens with zero attached hydrogens (tertiary/aromatic N) is 1. The van der Waals surface area contributed by atoms with Crippen molar-refractivity contribution < 1.29 is 0 Å². The number of nitrogens with one attached hydrogen (secondary N) is 1. The van der Waals surface area contributed by atoms with Crippen molar-refractivity contribution in [3.8, 4) is 33.4 Å². The molecule has 12 rings (SSSR count). The minimum atomic E-state index is -0.173. The lowest BCUT2D eigenvalue weighted by Crippen LogP contribution is -2.46. The summed E-state index contributed by atoms with van der Waals surface area (Å²) in [6.45, 7) is 14.8. The number of benzene rings is 8. The Labute approximate surface area is 376 Å². The quantitative estimate of drug-likeness (QED) is 0.174. The van der Waals surface area contributed by atoms with Crippen LogP contribution >= 0.6 is 11.3 Å². The van der Waals surface area contributed by atoms with Crippen LogP contribution in [0.15, 0.2) is 164 Å². The summed E-state index contributed by atoms with van der Waals surface area (Å²) in [5.74, 6) is 0. The predicted octanol–water partition coefficient (Wildman–Crippen LogP) is 15.0. The van der Waals surface area contributed by atoms with Crippen molar-refractivity contribution >= 4 is 78.2 Å². The minimum absolute atomic E-state index is 0.0769. The smallest absolute Gasteiger partial charge is 0.198 e. The summed E-state index contributed by atoms with van der Waals surface area (Å²) in [4.78, 5) is 2.74. The van der Waals surface area contributed by atoms with Crippen molar-refractivity contribution in [2.45, 2.75) is 70.6 Å². The van der Waals surface area contributed by atoms with Gasteiger partial charge in [0.15, 0.2) is 7.28 Å². The maximum absolute atomic E-state index is 3.98. The highest BCUT2D eigenvalue weighted by Crippen LogP contribution is 2.58. The van der Waals surface area contributed by atoms with Crippen LogP contribution in [0.5, 0.6) is 0 Å². The van der Waals surface area contributed by atoms with Gasteiger partial charge in [-0.3, -0.25) is 0 Å². The van der Waals surface area contributed by atoms with Crippen molar-refractivity contribution in [1.82, 2.24) is 0 Å². The first kappa shape index (κ1) is 38.3. The van der Waals surface area contributed by atoms with Gasteiger partial charge in [0.2, 0.25) is 0 Å². The van der Waals surface area contributed by atoms with Crippen molar-refractivity contribution in [3.05, 3.63) is 186 Å². The van der Waals surface area contributed by atoms with Crippen molar-refractivity contribution in [3.63, 3.8) is 0 Å². The Morgan fingerprint density at radius 2 is 1.16 bits per heavy atom. The average Bonchev–Trinajstić information content (AvgIpc) is 3.68. The molecule has 1 aromatic heterocycles. The zero-order valence-corrected chi connectivity index (χ0v) is 37.9. The number of fused-ring (bicyclic) bond motifs is 9. The summed E-state index contributed by atoms with van der Waals surface area (Å²) >= 11 is 1.96. The first-order valence-corrected chi connectivity index (χ1v) is 23.5. The number of rotatable bonds is 5. The molecule has 0 spiro atoms. The van der Waals surface area contributed by atoms with Gasteiger partial charge in [0.05, 0.1) is 16.1 Å². The molecule has 0 amide bonds. The van der Waals surface area contributed by atoms with Crippen LogP contribution in [0.2, 0.25) is 0 Å². The van der Waals surface area contributed by atoms with Crippen LogP contribution in [0.25, 0.3) is 53.6 Å². The normalized spacial score (nSPS) is 16.1. The van der Waals surface area contributed by atoms with E-state index in [1.165, 1.54) is 117 Å². The lowest BCUT2D eigenvalue weighted by molar-refractivity contribution is 0.331. The summed E-state index contributed by atoms with van der Waals surface area (Å²) in [5, 5.41) is 6.61. The van der Waals surface area contributed by atoms with Gasteiger partial charge in [-0.25, -0.2) is 0 Å². The average molecular weight is 831 g/mol. The molecule has 8 aromatic carbocycles. The van der Waals surface area contributed by atoms with E-state index in [0.29, 0.717) is 0 Å². The molecule has 0 atom stereocenters. The second-order valence-electron chi connectivity index (χ2n) is 20.1. The van der Waals surface area contributed by atoms with Crippen LogP contribution in [0.4, 0.5) is 28.4 Å². The van der Waals surface area contributed by atoms with Crippen molar-refractivity contribution in [2.24, 2.45) is 0 Å². The molecule has 1 aliphatic carbocycles. The second kappa shape index (κ2) is 13.8. The number of para-hydroxylation sites is 1. The summed E-state index contributed by atoms with van der Waals surface area (Å²) in [6.07, 6.45) is 2.38. The van der Waals surface area contributed by atoms with E-state index in [2.05, 4.69) is 216 Å². The number of hydrogen-bond donors (Lipinski definition) is 1. The van der Waals surface area contributed by atoms with E-state index < -0.39 is 0 Å². The highest BCUT2D eigenvalue weighted by molar-refractivity contribution is 7.26. The fourth-order valence-corrected chi connectivity index (χ4v) is 12.5. The molecule has 4 heteroatoms. The molecular weight excluding hydrogens is 780 g/mol. The van der Waals surface area contributed by atoms with Gasteiger partial charge in [0.1, 0.15) is 0 Å². The van der Waals surface area contributed by atoms with E-state index in [1.54, 1.807) is 0 Å². The fraction of sp³-hybridized carbons (Fsp3) is 0.186. The largest absolute Gasteiger partial charge is 0.355 e. The lowest BCUT2D eigenvalue weighted by Gasteiger charge is -2.49. The number of anilines is 5. The highest BCUT2D eigenvalue weighted by Gasteiger charge is 2.46. The van der Waals surface area contributed by atoms with E-state index >= 15 is 0 Å². The molecule has 9 aromatic rings. The molecule has 2 nitrogen and oxygen atoms in total. The third-order valence-corrected chi connectivity index (χ3v) is 16.1. The minimum Gasteiger partial charge on any atom is -0.355 e. The Hall–Kier alpha value is -6.36. The Morgan fingerprint density at radius 1 is 0.508 bits per heavy atom. The first-order valence-electron chi connectivity index (χ1n) is 22.7. The zero-order valence-electron chi connectivity index (χ0n) is 37.1. The SMILES string of the molecule is CC1(C)CCC(C)(C)c2cc3c(cc21)N1c2c(cccc2C3(C)C)Bc2c(-c3cc(-c4ccccc4)ccc3Nc3cccc(-c4ccccc4)c3)cc3c(sc4ccccc43)c21. The van der Waals surface area contributed by atoms with Crippen LogP contribution in [0, 0.1) is 0 Å². The van der Waals surface area contributed by atoms with E-state index in [1.807, 2.05) is 11.3 Å². The number of thiophene rings is 1. The third kappa shape index (κ3) is 5.91. The highest BCUT2D eigenvalue weighted by atomic mass is 32.1. The molecule has 0 unspecified atom stereocenters. The standard InChI is InChI=1S/C59H51BN2S/c1-57(2)29-30-58(3,4)47-35-51-48(34-46(47)57)59(5,6)45-24-16-25-49-54(45)62(51)55-53(60-49)43(33-44-41-23-13-14-26-52(41)63-56(44)55)42-32-39(37-19-11-8-12-20-37)27-28-50(42)61-40-22-15-21-38(31-40)36-17-9-7-10-18-36/h7-28,31-35,60-61H,29-30H2,1-6H3. The third-order valence-electron chi connectivity index (χ3n) is 14.9. The summed E-state index contributed by atoms with van der Waals surface area (Å²) < 4.78 is 2.69. The van der Waals surface area contributed by atoms with Gasteiger partial charge in [-0.05, 0) is 122 Å². The van der Waals surface area contributed by atoms with E-state index in [9.17, 15) is 0 Å². The fourth-order valence-electron chi connectivity index (χ4n) is 11.3. The summed E-state index contributed by atoms with van der Waals surface area (Å²) in [5.41, 5.74) is 22.2. The molecule has 0 radical (unpaired) electrons. The van der Waals surface area contributed by atoms with Gasteiger partial charge in [-0.15, -0.1) is 11.3 Å². The van der Waals surface area contributed by atoms with Gasteiger partial charge in [-0.2, -0.15) is 0 Å². The molecule has 63 heavy (non-hydrogen) atoms. The first-order chi connectivity index (χ1) is 30.5. The molecule has 0 saturated heterocycles. The van der Waals surface area contributed by atoms with Gasteiger partial charge < -0.3 is 10.2 Å². The van der Waals surface area contributed by atoms with Crippen molar-refractivity contribution in [1.29, 1.82) is 0 Å². The molecule has 0 fully saturated rings. The van der Waals surface area contributed by atoms with E-state index in [0.717, 1.165) is 18.7 Å². The monoisotopic (exact) mass is 830 g/mol. The maximum Gasteiger partial charge on any atom is 0.198 e. The Kier molecular flexibility index (Phi) is 8.41. The van der Waals surface area contributed by atoms with Gasteiger partial charge in [-0.1, -0.05) is 168 Å². The van der Waals surface area contributed by atoms with Gasteiger partial charge in [0.25, 0.3) is 0 Å². The van der Waals surface area contributed by atoms with E-state index in [4.69, 9.17) is 0 Å². The molecule has 1 N–H and O–H groups in total. The van der Waals surface area contributed by atoms with Gasteiger partial charge in [0, 0.05) is 43.5 Å². The molecule has 3 aliphatic rings. The van der Waals surface area contributed by atoms with E-state index in [-0.39, 0.29) is 16.2 Å². The van der Waals surface area contributed by atoms with Crippen LogP contribution in [-0.2, 0) is 16.2 Å². The molecule has 2 aliphatic heterocycles. The van der Waals surface area contributed by atoms with Gasteiger partial charge >= 0.3 is 0 Å². The molecular formula is C59H51BN2S. The van der Waals surface area contributed by atoms with Crippen molar-refractivity contribution in [2.75, 3.05) is 10.2 Å². The zero-order chi connectivity index (χ0) is 42.8. The predicted molar refractivity (Wildman–Crippen MR) is 274 cm³/mol. The maximum atomic E-state index is 3.98. The topological polar surface area (TPSA) is 15.3 Å². The number of hydrogen-bond acceptors (Lipinski definition) is 3. The molecule has 3 heterocycles. The molecule has 0 saturated carbocycles. The Bertz CT molecular complexity index is 3320. The Morgan fingerprint density at radius 3 is 1.90 bits per heavy atom. The van der Waals surface area contributed by atoms with Crippen LogP contribution in [-0.4, -0.2) is 7.28 Å². The second-order valence-corrected chi connectivity index (χ2v) is 21.1. The van der Waals surface area contributed by atoms with Crippen LogP contribution in [0.1, 0.15) is 76.6 Å². The van der Waals surface area contributed by atoms with Crippen LogP contribution < -0.4 is 21.1 Å². The molecule has 306 valence electrons. The summed E-state index contributed by atoms with van der Waals surface area (Å²) in [7, 11) is 0.849.